The third-order valence-corrected chi connectivity index (χ3v) is 12.9. The van der Waals surface area contributed by atoms with Crippen LogP contribution in [0.3, 0.4) is 0 Å². The summed E-state index contributed by atoms with van der Waals surface area (Å²) in [4.78, 5) is 48.8. The molecule has 0 atom stereocenters. The second kappa shape index (κ2) is 21.0. The van der Waals surface area contributed by atoms with E-state index in [1.165, 1.54) is 30.7 Å². The summed E-state index contributed by atoms with van der Waals surface area (Å²) < 4.78 is 21.9. The van der Waals surface area contributed by atoms with Crippen molar-refractivity contribution in [3.8, 4) is 0 Å². The van der Waals surface area contributed by atoms with Gasteiger partial charge in [-0.3, -0.25) is 9.80 Å². The Morgan fingerprint density at radius 2 is 0.867 bits per heavy atom. The standard InChI is InChI=1S/C46H50N6O6S2/c53-43(57-33-31-55-29-27-49-19-23-51(24-20-49)45-35-9-1-5-13-39(35)59-41-15-7-3-11-37(41)47-45)17-18-44(54)58-34-32-56-30-28-50-21-25-52(26-22-50)46-36-10-2-6-14-40(36)60-42-16-8-4-12-38(42)48-46/h1-18H,19-34H2/b18-17+. The van der Waals surface area contributed by atoms with Crippen LogP contribution in [-0.2, 0) is 28.5 Å². The van der Waals surface area contributed by atoms with Crippen LogP contribution in [0.4, 0.5) is 11.4 Å². The Hall–Kier alpha value is -4.96. The van der Waals surface area contributed by atoms with Gasteiger partial charge in [-0.05, 0) is 36.4 Å². The van der Waals surface area contributed by atoms with Gasteiger partial charge in [0.05, 0.1) is 37.8 Å². The molecule has 4 aromatic rings. The number of amidine groups is 2. The van der Waals surface area contributed by atoms with Gasteiger partial charge in [0, 0.05) is 108 Å². The van der Waals surface area contributed by atoms with Gasteiger partial charge in [0.15, 0.2) is 0 Å². The van der Waals surface area contributed by atoms with E-state index < -0.39 is 11.9 Å². The number of para-hydroxylation sites is 2. The number of esters is 2. The Bertz CT molecular complexity index is 2050. The number of benzene rings is 4. The van der Waals surface area contributed by atoms with Crippen LogP contribution in [0.2, 0.25) is 0 Å². The normalized spacial score (nSPS) is 16.7. The molecule has 0 amide bonds. The van der Waals surface area contributed by atoms with E-state index in [9.17, 15) is 9.59 Å². The van der Waals surface area contributed by atoms with Crippen LogP contribution in [0, 0.1) is 0 Å². The molecule has 0 spiro atoms. The van der Waals surface area contributed by atoms with E-state index in [0.717, 1.165) is 101 Å². The van der Waals surface area contributed by atoms with E-state index in [-0.39, 0.29) is 26.4 Å². The zero-order valence-electron chi connectivity index (χ0n) is 33.7. The molecular weight excluding hydrogens is 797 g/mol. The van der Waals surface area contributed by atoms with Crippen molar-refractivity contribution in [2.75, 3.05) is 105 Å². The molecule has 12 nitrogen and oxygen atoms in total. The van der Waals surface area contributed by atoms with E-state index in [0.29, 0.717) is 13.2 Å². The van der Waals surface area contributed by atoms with Crippen LogP contribution in [0.1, 0.15) is 11.1 Å². The Morgan fingerprint density at radius 1 is 0.483 bits per heavy atom. The van der Waals surface area contributed by atoms with Crippen LogP contribution >= 0.6 is 23.5 Å². The first-order valence-electron chi connectivity index (χ1n) is 20.6. The van der Waals surface area contributed by atoms with Gasteiger partial charge in [-0.25, -0.2) is 19.6 Å². The molecule has 312 valence electrons. The number of aliphatic imine (C=N–C) groups is 2. The molecule has 4 heterocycles. The lowest BCUT2D eigenvalue weighted by molar-refractivity contribution is -0.142. The number of fused-ring (bicyclic) bond motifs is 4. The molecule has 0 radical (unpaired) electrons. The number of carbonyl (C=O) groups is 2. The lowest BCUT2D eigenvalue weighted by Crippen LogP contribution is -2.49. The fraction of sp³-hybridized carbons (Fsp3) is 0.348. The Kier molecular flexibility index (Phi) is 14.6. The molecule has 14 heteroatoms. The molecule has 60 heavy (non-hydrogen) atoms. The smallest absolute Gasteiger partial charge is 0.331 e. The maximum absolute atomic E-state index is 12.1. The zero-order chi connectivity index (χ0) is 40.9. The van der Waals surface area contributed by atoms with Gasteiger partial charge < -0.3 is 28.7 Å². The number of piperazine rings is 2. The summed E-state index contributed by atoms with van der Waals surface area (Å²) in [6.45, 7) is 10.5. The van der Waals surface area contributed by atoms with Crippen LogP contribution < -0.4 is 0 Å². The van der Waals surface area contributed by atoms with Gasteiger partial charge in [-0.1, -0.05) is 84.2 Å². The Labute approximate surface area is 360 Å². The summed E-state index contributed by atoms with van der Waals surface area (Å²) in [5.74, 6) is 0.825. The summed E-state index contributed by atoms with van der Waals surface area (Å²) in [7, 11) is 0. The number of hydrogen-bond acceptors (Lipinski definition) is 14. The predicted molar refractivity (Wildman–Crippen MR) is 235 cm³/mol. The highest BCUT2D eigenvalue weighted by Crippen LogP contribution is 2.42. The summed E-state index contributed by atoms with van der Waals surface area (Å²) in [6.07, 6.45) is 2.15. The summed E-state index contributed by atoms with van der Waals surface area (Å²) in [6, 6.07) is 33.6. The summed E-state index contributed by atoms with van der Waals surface area (Å²) >= 11 is 3.54. The first-order valence-corrected chi connectivity index (χ1v) is 22.2. The van der Waals surface area contributed by atoms with Gasteiger partial charge in [-0.2, -0.15) is 0 Å². The average Bonchev–Trinajstić information content (AvgIpc) is 3.56. The SMILES string of the molecule is O=C(/C=C/C(=O)OCCOCCN1CCN(C2=Nc3ccccc3Sc3ccccc32)CC1)OCCOCCN1CCN(C2=Nc3ccccc3Sc3ccccc32)CC1. The number of carbonyl (C=O) groups excluding carboxylic acids is 2. The molecule has 0 N–H and O–H groups in total. The highest BCUT2D eigenvalue weighted by atomic mass is 32.2. The van der Waals surface area contributed by atoms with Gasteiger partial charge in [0.2, 0.25) is 0 Å². The third kappa shape index (κ3) is 11.0. The monoisotopic (exact) mass is 846 g/mol. The molecule has 4 aliphatic rings. The molecule has 4 aromatic carbocycles. The highest BCUT2D eigenvalue weighted by Gasteiger charge is 2.27. The quantitative estimate of drug-likeness (QED) is 0.0799. The van der Waals surface area contributed by atoms with Crippen molar-refractivity contribution in [1.82, 2.24) is 19.6 Å². The molecule has 2 saturated heterocycles. The first kappa shape index (κ1) is 41.8. The van der Waals surface area contributed by atoms with Crippen LogP contribution in [0.5, 0.6) is 0 Å². The third-order valence-electron chi connectivity index (χ3n) is 10.6. The van der Waals surface area contributed by atoms with Crippen molar-refractivity contribution < 1.29 is 28.5 Å². The topological polar surface area (TPSA) is 109 Å². The van der Waals surface area contributed by atoms with Gasteiger partial charge in [-0.15, -0.1) is 0 Å². The lowest BCUT2D eigenvalue weighted by atomic mass is 10.1. The van der Waals surface area contributed by atoms with Crippen molar-refractivity contribution in [1.29, 1.82) is 0 Å². The van der Waals surface area contributed by atoms with E-state index in [4.69, 9.17) is 28.9 Å². The molecule has 0 aromatic heterocycles. The summed E-state index contributed by atoms with van der Waals surface area (Å²) in [5.41, 5.74) is 4.37. The minimum Gasteiger partial charge on any atom is -0.460 e. The molecule has 2 fully saturated rings. The molecule has 0 aliphatic carbocycles. The molecule has 0 bridgehead atoms. The largest absolute Gasteiger partial charge is 0.460 e. The number of hydrogen-bond donors (Lipinski definition) is 0. The number of rotatable bonds is 14. The Balaban J connectivity index is 0.650. The van der Waals surface area contributed by atoms with Crippen LogP contribution in [0.15, 0.2) is 139 Å². The summed E-state index contributed by atoms with van der Waals surface area (Å²) in [5, 5.41) is 0. The second-order valence-electron chi connectivity index (χ2n) is 14.6. The van der Waals surface area contributed by atoms with E-state index in [2.05, 4.69) is 105 Å². The van der Waals surface area contributed by atoms with Crippen LogP contribution in [-0.4, -0.2) is 148 Å². The minimum atomic E-state index is -0.619. The number of nitrogens with zero attached hydrogens (tertiary/aromatic N) is 6. The van der Waals surface area contributed by atoms with Gasteiger partial charge in [0.1, 0.15) is 24.9 Å². The second-order valence-corrected chi connectivity index (χ2v) is 16.7. The molecule has 0 unspecified atom stereocenters. The lowest BCUT2D eigenvalue weighted by Gasteiger charge is -2.36. The molecular formula is C46H50N6O6S2. The fourth-order valence-corrected chi connectivity index (χ4v) is 9.45. The average molecular weight is 847 g/mol. The molecule has 4 aliphatic heterocycles. The van der Waals surface area contributed by atoms with E-state index in [1.54, 1.807) is 23.5 Å². The van der Waals surface area contributed by atoms with Gasteiger partial charge in [0.25, 0.3) is 0 Å². The number of ether oxygens (including phenoxy) is 4. The zero-order valence-corrected chi connectivity index (χ0v) is 35.3. The first-order chi connectivity index (χ1) is 29.6. The molecule has 0 saturated carbocycles. The van der Waals surface area contributed by atoms with Gasteiger partial charge >= 0.3 is 11.9 Å². The van der Waals surface area contributed by atoms with Crippen molar-refractivity contribution in [2.24, 2.45) is 9.98 Å². The minimum absolute atomic E-state index is 0.101. The van der Waals surface area contributed by atoms with Crippen molar-refractivity contribution in [2.45, 2.75) is 19.6 Å². The maximum atomic E-state index is 12.1. The van der Waals surface area contributed by atoms with Crippen LogP contribution in [0.25, 0.3) is 0 Å². The van der Waals surface area contributed by atoms with E-state index >= 15 is 0 Å². The van der Waals surface area contributed by atoms with E-state index in [1.807, 2.05) is 12.1 Å². The Morgan fingerprint density at radius 3 is 1.30 bits per heavy atom. The molecule has 8 rings (SSSR count). The fourth-order valence-electron chi connectivity index (χ4n) is 7.41. The highest BCUT2D eigenvalue weighted by molar-refractivity contribution is 7.99. The predicted octanol–water partition coefficient (Wildman–Crippen LogP) is 6.38. The maximum Gasteiger partial charge on any atom is 0.331 e. The van der Waals surface area contributed by atoms with Crippen molar-refractivity contribution >= 4 is 58.5 Å². The van der Waals surface area contributed by atoms with Crippen molar-refractivity contribution in [3.05, 3.63) is 120 Å². The van der Waals surface area contributed by atoms with Crippen molar-refractivity contribution in [3.63, 3.8) is 0 Å².